The number of esters is 1. The lowest BCUT2D eigenvalue weighted by Gasteiger charge is -2.10. The predicted octanol–water partition coefficient (Wildman–Crippen LogP) is 2.42. The number of aryl methyl sites for hydroxylation is 1. The van der Waals surface area contributed by atoms with Crippen molar-refractivity contribution in [1.29, 1.82) is 0 Å². The summed E-state index contributed by atoms with van der Waals surface area (Å²) in [5.74, 6) is -2.05. The molecule has 2 N–H and O–H groups in total. The molecule has 0 aliphatic rings. The SMILES string of the molecule is CCOC(=O)c1c(CC)ccc(-c2ncc(C(=O)O)[nH]2)c1[N+](=O)[O-]. The zero-order chi connectivity index (χ0) is 17.9. The lowest BCUT2D eigenvalue weighted by atomic mass is 9.98. The molecule has 24 heavy (non-hydrogen) atoms. The number of ether oxygens (including phenoxy) is 1. The van der Waals surface area contributed by atoms with Crippen LogP contribution in [0.1, 0.15) is 40.3 Å². The van der Waals surface area contributed by atoms with Crippen molar-refractivity contribution in [2.45, 2.75) is 20.3 Å². The number of imidazole rings is 1. The first kappa shape index (κ1) is 17.1. The summed E-state index contributed by atoms with van der Waals surface area (Å²) in [6.45, 7) is 3.44. The topological polar surface area (TPSA) is 135 Å². The Morgan fingerprint density at radius 2 is 2.08 bits per heavy atom. The summed E-state index contributed by atoms with van der Waals surface area (Å²) in [5, 5.41) is 20.5. The van der Waals surface area contributed by atoms with Crippen LogP contribution in [-0.4, -0.2) is 38.5 Å². The van der Waals surface area contributed by atoms with Gasteiger partial charge in [-0.05, 0) is 25.0 Å². The first-order valence-electron chi connectivity index (χ1n) is 7.16. The molecule has 2 rings (SSSR count). The number of H-pyrrole nitrogens is 1. The molecule has 0 unspecified atom stereocenters. The van der Waals surface area contributed by atoms with Crippen LogP contribution < -0.4 is 0 Å². The van der Waals surface area contributed by atoms with E-state index in [1.807, 2.05) is 0 Å². The molecule has 126 valence electrons. The number of nitro benzene ring substituents is 1. The minimum absolute atomic E-state index is 0.00713. The molecule has 1 heterocycles. The van der Waals surface area contributed by atoms with Gasteiger partial charge in [-0.15, -0.1) is 0 Å². The van der Waals surface area contributed by atoms with E-state index in [0.717, 1.165) is 6.20 Å². The Kier molecular flexibility index (Phi) is 4.93. The number of carboxylic acid groups (broad SMARTS) is 1. The molecule has 1 aromatic heterocycles. The Balaban J connectivity index is 2.72. The van der Waals surface area contributed by atoms with Gasteiger partial charge in [0, 0.05) is 0 Å². The maximum atomic E-state index is 12.2. The quantitative estimate of drug-likeness (QED) is 0.470. The highest BCUT2D eigenvalue weighted by molar-refractivity contribution is 5.99. The fourth-order valence-electron chi connectivity index (χ4n) is 2.31. The number of nitrogens with zero attached hydrogens (tertiary/aromatic N) is 2. The number of hydrogen-bond acceptors (Lipinski definition) is 6. The van der Waals surface area contributed by atoms with Crippen LogP contribution in [0.4, 0.5) is 5.69 Å². The monoisotopic (exact) mass is 333 g/mol. The smallest absolute Gasteiger partial charge is 0.353 e. The van der Waals surface area contributed by atoms with Crippen molar-refractivity contribution in [3.8, 4) is 11.4 Å². The van der Waals surface area contributed by atoms with Crippen molar-refractivity contribution < 1.29 is 24.4 Å². The number of aromatic carboxylic acids is 1. The zero-order valence-electron chi connectivity index (χ0n) is 13.0. The van der Waals surface area contributed by atoms with Crippen LogP contribution in [0, 0.1) is 10.1 Å². The number of benzene rings is 1. The Bertz CT molecular complexity index is 812. The molecular formula is C15H15N3O6. The fourth-order valence-corrected chi connectivity index (χ4v) is 2.31. The Morgan fingerprint density at radius 1 is 1.38 bits per heavy atom. The van der Waals surface area contributed by atoms with Gasteiger partial charge in [0.15, 0.2) is 0 Å². The Morgan fingerprint density at radius 3 is 2.58 bits per heavy atom. The molecule has 9 nitrogen and oxygen atoms in total. The standard InChI is InChI=1S/C15H15N3O6/c1-3-8-5-6-9(13-16-7-10(17-13)14(19)20)12(18(22)23)11(8)15(21)24-4-2/h5-7H,3-4H2,1-2H3,(H,16,17)(H,19,20). The lowest BCUT2D eigenvalue weighted by Crippen LogP contribution is -2.12. The number of carbonyl (C=O) groups excluding carboxylic acids is 1. The first-order valence-corrected chi connectivity index (χ1v) is 7.16. The van der Waals surface area contributed by atoms with Gasteiger partial charge < -0.3 is 14.8 Å². The fraction of sp³-hybridized carbons (Fsp3) is 0.267. The predicted molar refractivity (Wildman–Crippen MR) is 83.0 cm³/mol. The second-order valence-electron chi connectivity index (χ2n) is 4.78. The highest BCUT2D eigenvalue weighted by Crippen LogP contribution is 2.34. The van der Waals surface area contributed by atoms with Gasteiger partial charge in [-0.1, -0.05) is 13.0 Å². The highest BCUT2D eigenvalue weighted by Gasteiger charge is 2.30. The number of aromatic nitrogens is 2. The second-order valence-corrected chi connectivity index (χ2v) is 4.78. The summed E-state index contributed by atoms with van der Waals surface area (Å²) >= 11 is 0. The maximum Gasteiger partial charge on any atom is 0.353 e. The molecule has 0 bridgehead atoms. The van der Waals surface area contributed by atoms with Gasteiger partial charge in [0.1, 0.15) is 17.1 Å². The van der Waals surface area contributed by atoms with Gasteiger partial charge in [0.05, 0.1) is 23.3 Å². The Labute approximate surface area is 136 Å². The van der Waals surface area contributed by atoms with Crippen molar-refractivity contribution in [2.24, 2.45) is 0 Å². The van der Waals surface area contributed by atoms with Crippen LogP contribution in [0.2, 0.25) is 0 Å². The average molecular weight is 333 g/mol. The maximum absolute atomic E-state index is 12.2. The number of carboxylic acids is 1. The molecule has 0 spiro atoms. The first-order chi connectivity index (χ1) is 11.4. The van der Waals surface area contributed by atoms with Gasteiger partial charge in [-0.3, -0.25) is 10.1 Å². The van der Waals surface area contributed by atoms with E-state index in [0.29, 0.717) is 12.0 Å². The van der Waals surface area contributed by atoms with Gasteiger partial charge in [-0.25, -0.2) is 14.6 Å². The van der Waals surface area contributed by atoms with E-state index in [1.54, 1.807) is 19.9 Å². The minimum atomic E-state index is -1.24. The molecule has 1 aromatic carbocycles. The van der Waals surface area contributed by atoms with E-state index in [9.17, 15) is 19.7 Å². The van der Waals surface area contributed by atoms with Crippen molar-refractivity contribution >= 4 is 17.6 Å². The van der Waals surface area contributed by atoms with E-state index >= 15 is 0 Å². The molecule has 0 radical (unpaired) electrons. The third-order valence-corrected chi connectivity index (χ3v) is 3.37. The van der Waals surface area contributed by atoms with E-state index in [2.05, 4.69) is 9.97 Å². The van der Waals surface area contributed by atoms with Crippen molar-refractivity contribution in [2.75, 3.05) is 6.61 Å². The molecule has 0 aliphatic carbocycles. The molecule has 2 aromatic rings. The summed E-state index contributed by atoms with van der Waals surface area (Å²) in [4.78, 5) is 40.4. The zero-order valence-corrected chi connectivity index (χ0v) is 13.0. The van der Waals surface area contributed by atoms with Crippen LogP contribution in [0.3, 0.4) is 0 Å². The molecule has 0 atom stereocenters. The van der Waals surface area contributed by atoms with Crippen LogP contribution in [-0.2, 0) is 11.2 Å². The minimum Gasteiger partial charge on any atom is -0.477 e. The number of nitrogens with one attached hydrogen (secondary N) is 1. The summed E-state index contributed by atoms with van der Waals surface area (Å²) in [5.41, 5.74) is -0.326. The molecule has 0 amide bonds. The molecule has 0 saturated heterocycles. The van der Waals surface area contributed by atoms with Crippen molar-refractivity contribution in [1.82, 2.24) is 9.97 Å². The second kappa shape index (κ2) is 6.90. The Hall–Kier alpha value is -3.23. The van der Waals surface area contributed by atoms with E-state index in [4.69, 9.17) is 9.84 Å². The number of hydrogen-bond donors (Lipinski definition) is 2. The molecule has 9 heteroatoms. The summed E-state index contributed by atoms with van der Waals surface area (Å²) in [6, 6.07) is 3.00. The van der Waals surface area contributed by atoms with Crippen LogP contribution in [0.5, 0.6) is 0 Å². The molecule has 0 fully saturated rings. The van der Waals surface area contributed by atoms with Crippen molar-refractivity contribution in [3.63, 3.8) is 0 Å². The van der Waals surface area contributed by atoms with Gasteiger partial charge in [0.2, 0.25) is 0 Å². The van der Waals surface area contributed by atoms with E-state index < -0.39 is 22.5 Å². The summed E-state index contributed by atoms with van der Waals surface area (Å²) < 4.78 is 4.93. The number of rotatable bonds is 6. The van der Waals surface area contributed by atoms with E-state index in [1.165, 1.54) is 6.07 Å². The van der Waals surface area contributed by atoms with Gasteiger partial charge >= 0.3 is 11.9 Å². The molecule has 0 aliphatic heterocycles. The lowest BCUT2D eigenvalue weighted by molar-refractivity contribution is -0.384. The number of nitro groups is 1. The molecular weight excluding hydrogens is 318 g/mol. The summed E-state index contributed by atoms with van der Waals surface area (Å²) in [6.07, 6.45) is 1.45. The van der Waals surface area contributed by atoms with Gasteiger partial charge in [-0.2, -0.15) is 0 Å². The van der Waals surface area contributed by atoms with Crippen LogP contribution >= 0.6 is 0 Å². The van der Waals surface area contributed by atoms with Gasteiger partial charge in [0.25, 0.3) is 5.69 Å². The third kappa shape index (κ3) is 3.09. The number of carbonyl (C=O) groups is 2. The van der Waals surface area contributed by atoms with Crippen molar-refractivity contribution in [3.05, 3.63) is 45.3 Å². The normalized spacial score (nSPS) is 10.4. The highest BCUT2D eigenvalue weighted by atomic mass is 16.6. The van der Waals surface area contributed by atoms with Crippen LogP contribution in [0.15, 0.2) is 18.3 Å². The van der Waals surface area contributed by atoms with Crippen LogP contribution in [0.25, 0.3) is 11.4 Å². The number of aromatic amines is 1. The average Bonchev–Trinajstić information content (AvgIpc) is 3.03. The summed E-state index contributed by atoms with van der Waals surface area (Å²) in [7, 11) is 0. The van der Waals surface area contributed by atoms with E-state index in [-0.39, 0.29) is 29.3 Å². The third-order valence-electron chi connectivity index (χ3n) is 3.37. The molecule has 0 saturated carbocycles. The largest absolute Gasteiger partial charge is 0.477 e.